The van der Waals surface area contributed by atoms with Gasteiger partial charge in [0.2, 0.25) is 4.96 Å². The topological polar surface area (TPSA) is 69.1 Å². The molecule has 0 spiro atoms. The minimum atomic E-state index is 0.474. The normalized spacial score (nSPS) is 19.1. The highest BCUT2D eigenvalue weighted by molar-refractivity contribution is 7.16. The molecule has 0 bridgehead atoms. The largest absolute Gasteiger partial charge is 0.330 e. The number of hydrogen-bond acceptors (Lipinski definition) is 5. The zero-order chi connectivity index (χ0) is 13.2. The lowest BCUT2D eigenvalue weighted by molar-refractivity contribution is 0.422. The minimum Gasteiger partial charge on any atom is -0.330 e. The van der Waals surface area contributed by atoms with Crippen LogP contribution in [-0.2, 0) is 6.42 Å². The monoisotopic (exact) mass is 279 g/mol. The van der Waals surface area contributed by atoms with E-state index in [2.05, 4.69) is 17.1 Å². The molecule has 1 aliphatic carbocycles. The standard InChI is InChI=1S/C13H21N5S/c1-9(8-14)7-11-17-18-12(15-16-13(18)19-11)10-5-3-2-4-6-10/h9-10H,2-8,14H2,1H3. The van der Waals surface area contributed by atoms with Crippen molar-refractivity contribution in [3.8, 4) is 0 Å². The Balaban J connectivity index is 1.85. The van der Waals surface area contributed by atoms with Crippen LogP contribution in [0.25, 0.3) is 4.96 Å². The van der Waals surface area contributed by atoms with Crippen LogP contribution in [0.3, 0.4) is 0 Å². The van der Waals surface area contributed by atoms with Crippen molar-refractivity contribution in [2.24, 2.45) is 11.7 Å². The molecular weight excluding hydrogens is 258 g/mol. The van der Waals surface area contributed by atoms with Gasteiger partial charge in [-0.05, 0) is 25.3 Å². The molecule has 0 aliphatic heterocycles. The molecule has 5 nitrogen and oxygen atoms in total. The molecule has 1 aliphatic rings. The minimum absolute atomic E-state index is 0.474. The SMILES string of the molecule is CC(CN)Cc1nn2c(C3CCCCC3)nnc2s1. The van der Waals surface area contributed by atoms with Crippen LogP contribution < -0.4 is 5.73 Å². The second-order valence-corrected chi connectivity index (χ2v) is 6.67. The van der Waals surface area contributed by atoms with Crippen molar-refractivity contribution in [2.45, 2.75) is 51.4 Å². The number of nitrogens with zero attached hydrogens (tertiary/aromatic N) is 4. The smallest absolute Gasteiger partial charge is 0.234 e. The second kappa shape index (κ2) is 5.54. The van der Waals surface area contributed by atoms with Crippen molar-refractivity contribution in [2.75, 3.05) is 6.54 Å². The highest BCUT2D eigenvalue weighted by Gasteiger charge is 2.22. The van der Waals surface area contributed by atoms with Gasteiger partial charge in [-0.3, -0.25) is 0 Å². The first-order valence-corrected chi connectivity index (χ1v) is 8.00. The van der Waals surface area contributed by atoms with E-state index in [-0.39, 0.29) is 0 Å². The average Bonchev–Trinajstić information content (AvgIpc) is 2.99. The zero-order valence-electron chi connectivity index (χ0n) is 11.4. The van der Waals surface area contributed by atoms with E-state index in [9.17, 15) is 0 Å². The summed E-state index contributed by atoms with van der Waals surface area (Å²) in [6, 6.07) is 0. The van der Waals surface area contributed by atoms with Crippen LogP contribution in [0.5, 0.6) is 0 Å². The molecule has 19 heavy (non-hydrogen) atoms. The van der Waals surface area contributed by atoms with Crippen molar-refractivity contribution >= 4 is 16.3 Å². The number of hydrogen-bond donors (Lipinski definition) is 1. The van der Waals surface area contributed by atoms with Gasteiger partial charge in [0.25, 0.3) is 0 Å². The van der Waals surface area contributed by atoms with Crippen molar-refractivity contribution in [1.29, 1.82) is 0 Å². The van der Waals surface area contributed by atoms with Crippen LogP contribution in [0.15, 0.2) is 0 Å². The Hall–Kier alpha value is -1.01. The van der Waals surface area contributed by atoms with Crippen LogP contribution in [0, 0.1) is 5.92 Å². The quantitative estimate of drug-likeness (QED) is 0.933. The van der Waals surface area contributed by atoms with Crippen molar-refractivity contribution in [1.82, 2.24) is 19.8 Å². The number of rotatable bonds is 4. The zero-order valence-corrected chi connectivity index (χ0v) is 12.2. The predicted molar refractivity (Wildman–Crippen MR) is 76.4 cm³/mol. The maximum absolute atomic E-state index is 5.68. The van der Waals surface area contributed by atoms with E-state index in [1.807, 2.05) is 4.52 Å². The third kappa shape index (κ3) is 2.65. The van der Waals surface area contributed by atoms with Gasteiger partial charge in [0, 0.05) is 12.3 Å². The molecule has 6 heteroatoms. The van der Waals surface area contributed by atoms with Gasteiger partial charge >= 0.3 is 0 Å². The molecular formula is C13H21N5S. The fourth-order valence-electron chi connectivity index (χ4n) is 2.75. The van der Waals surface area contributed by atoms with E-state index in [1.165, 1.54) is 32.1 Å². The van der Waals surface area contributed by atoms with Gasteiger partial charge in [0.15, 0.2) is 5.82 Å². The fourth-order valence-corrected chi connectivity index (χ4v) is 3.75. The van der Waals surface area contributed by atoms with Gasteiger partial charge < -0.3 is 5.73 Å². The lowest BCUT2D eigenvalue weighted by atomic mass is 9.89. The molecule has 1 fully saturated rings. The van der Waals surface area contributed by atoms with Gasteiger partial charge in [-0.2, -0.15) is 9.61 Å². The second-order valence-electron chi connectivity index (χ2n) is 5.63. The van der Waals surface area contributed by atoms with Crippen molar-refractivity contribution in [3.63, 3.8) is 0 Å². The number of nitrogens with two attached hydrogens (primary N) is 1. The van der Waals surface area contributed by atoms with E-state index in [1.54, 1.807) is 11.3 Å². The summed E-state index contributed by atoms with van der Waals surface area (Å²) in [4.78, 5) is 0.930. The molecule has 0 saturated heterocycles. The maximum Gasteiger partial charge on any atom is 0.234 e. The van der Waals surface area contributed by atoms with Gasteiger partial charge in [-0.25, -0.2) is 0 Å². The van der Waals surface area contributed by atoms with Crippen LogP contribution in [0.4, 0.5) is 0 Å². The first-order valence-electron chi connectivity index (χ1n) is 7.19. The highest BCUT2D eigenvalue weighted by atomic mass is 32.1. The molecule has 0 radical (unpaired) electrons. The Morgan fingerprint density at radius 3 is 2.84 bits per heavy atom. The first-order chi connectivity index (χ1) is 9.28. The molecule has 2 heterocycles. The van der Waals surface area contributed by atoms with Crippen molar-refractivity contribution in [3.05, 3.63) is 10.8 Å². The van der Waals surface area contributed by atoms with E-state index >= 15 is 0 Å². The van der Waals surface area contributed by atoms with Gasteiger partial charge in [0.05, 0.1) is 0 Å². The predicted octanol–water partition coefficient (Wildman–Crippen LogP) is 2.37. The molecule has 0 amide bonds. The summed E-state index contributed by atoms with van der Waals surface area (Å²) < 4.78 is 1.97. The summed E-state index contributed by atoms with van der Waals surface area (Å²) in [5.41, 5.74) is 5.68. The molecule has 104 valence electrons. The molecule has 3 rings (SSSR count). The summed E-state index contributed by atoms with van der Waals surface area (Å²) in [5, 5.41) is 14.5. The van der Waals surface area contributed by atoms with E-state index in [0.29, 0.717) is 18.4 Å². The Bertz CT molecular complexity index is 540. The molecule has 1 saturated carbocycles. The summed E-state index contributed by atoms with van der Waals surface area (Å²) in [7, 11) is 0. The summed E-state index contributed by atoms with van der Waals surface area (Å²) in [6.45, 7) is 2.86. The molecule has 2 aromatic heterocycles. The number of aromatic nitrogens is 4. The van der Waals surface area contributed by atoms with Gasteiger partial charge in [-0.1, -0.05) is 37.5 Å². The third-order valence-corrected chi connectivity index (χ3v) is 4.87. The summed E-state index contributed by atoms with van der Waals surface area (Å²) >= 11 is 1.65. The fraction of sp³-hybridized carbons (Fsp3) is 0.769. The maximum atomic E-state index is 5.68. The van der Waals surface area contributed by atoms with Gasteiger partial charge in [0.1, 0.15) is 5.01 Å². The van der Waals surface area contributed by atoms with Gasteiger partial charge in [-0.15, -0.1) is 10.2 Å². The highest BCUT2D eigenvalue weighted by Crippen LogP contribution is 2.32. The van der Waals surface area contributed by atoms with E-state index in [4.69, 9.17) is 10.8 Å². The van der Waals surface area contributed by atoms with E-state index in [0.717, 1.165) is 22.2 Å². The van der Waals surface area contributed by atoms with E-state index < -0.39 is 0 Å². The molecule has 2 N–H and O–H groups in total. The molecule has 1 atom stereocenters. The third-order valence-electron chi connectivity index (χ3n) is 3.95. The Morgan fingerprint density at radius 2 is 2.11 bits per heavy atom. The molecule has 2 aromatic rings. The van der Waals surface area contributed by atoms with Crippen LogP contribution in [0.2, 0.25) is 0 Å². The van der Waals surface area contributed by atoms with Crippen molar-refractivity contribution < 1.29 is 0 Å². The summed E-state index contributed by atoms with van der Waals surface area (Å²) in [5.74, 6) is 2.09. The summed E-state index contributed by atoms with van der Waals surface area (Å²) in [6.07, 6.45) is 7.37. The van der Waals surface area contributed by atoms with Crippen LogP contribution in [0.1, 0.15) is 55.8 Å². The molecule has 0 aromatic carbocycles. The Kier molecular flexibility index (Phi) is 3.79. The van der Waals surface area contributed by atoms with Crippen LogP contribution in [-0.4, -0.2) is 26.4 Å². The first kappa shape index (κ1) is 13.0. The average molecular weight is 279 g/mol. The van der Waals surface area contributed by atoms with Crippen LogP contribution >= 0.6 is 11.3 Å². The molecule has 1 unspecified atom stereocenters. The lowest BCUT2D eigenvalue weighted by Crippen LogP contribution is -2.13. The Labute approximate surface area is 117 Å². The number of fused-ring (bicyclic) bond motifs is 1. The Morgan fingerprint density at radius 1 is 1.32 bits per heavy atom. The lowest BCUT2D eigenvalue weighted by Gasteiger charge is -2.18.